The number of nitrogens with one attached hydrogen (secondary N) is 1. The lowest BCUT2D eigenvalue weighted by Crippen LogP contribution is -2.37. The Kier molecular flexibility index (Phi) is 5.12. The van der Waals surface area contributed by atoms with Crippen LogP contribution in [0.3, 0.4) is 0 Å². The normalized spacial score (nSPS) is 18.1. The molecule has 1 saturated heterocycles. The summed E-state index contributed by atoms with van der Waals surface area (Å²) < 4.78 is 6.91. The van der Waals surface area contributed by atoms with Gasteiger partial charge in [-0.25, -0.2) is 4.98 Å². The van der Waals surface area contributed by atoms with Gasteiger partial charge >= 0.3 is 0 Å². The molecule has 7 nitrogen and oxygen atoms in total. The first kappa shape index (κ1) is 19.1. The zero-order chi connectivity index (χ0) is 20.5. The number of benzene rings is 1. The lowest BCUT2D eigenvalue weighted by Gasteiger charge is -2.28. The van der Waals surface area contributed by atoms with Gasteiger partial charge in [-0.3, -0.25) is 14.0 Å². The van der Waals surface area contributed by atoms with Crippen molar-refractivity contribution in [3.63, 3.8) is 0 Å². The molecule has 1 aliphatic carbocycles. The highest BCUT2D eigenvalue weighted by atomic mass is 16.5. The van der Waals surface area contributed by atoms with Crippen LogP contribution in [-0.2, 0) is 4.74 Å². The third-order valence-corrected chi connectivity index (χ3v) is 6.18. The highest BCUT2D eigenvalue weighted by Crippen LogP contribution is 2.22. The van der Waals surface area contributed by atoms with E-state index in [0.717, 1.165) is 44.5 Å². The van der Waals surface area contributed by atoms with Gasteiger partial charge in [0.1, 0.15) is 0 Å². The van der Waals surface area contributed by atoms with E-state index in [9.17, 15) is 9.59 Å². The lowest BCUT2D eigenvalue weighted by molar-refractivity contribution is 0.0929. The van der Waals surface area contributed by atoms with Gasteiger partial charge in [-0.1, -0.05) is 19.3 Å². The second-order valence-electron chi connectivity index (χ2n) is 8.14. The van der Waals surface area contributed by atoms with Gasteiger partial charge in [-0.05, 0) is 43.2 Å². The minimum atomic E-state index is -0.156. The van der Waals surface area contributed by atoms with E-state index < -0.39 is 0 Å². The molecule has 1 aliphatic heterocycles. The van der Waals surface area contributed by atoms with Crippen LogP contribution in [0.5, 0.6) is 0 Å². The Hall–Kier alpha value is -2.93. The first-order chi connectivity index (χ1) is 14.7. The van der Waals surface area contributed by atoms with Crippen molar-refractivity contribution in [2.24, 2.45) is 0 Å². The summed E-state index contributed by atoms with van der Waals surface area (Å²) in [6, 6.07) is 9.45. The van der Waals surface area contributed by atoms with Crippen molar-refractivity contribution in [3.8, 4) is 0 Å². The molecule has 1 N–H and O–H groups in total. The fraction of sp³-hybridized carbons (Fsp3) is 0.435. The number of carbonyl (C=O) groups is 1. The molecule has 0 spiro atoms. The van der Waals surface area contributed by atoms with Gasteiger partial charge in [-0.15, -0.1) is 0 Å². The molecule has 3 aromatic rings. The van der Waals surface area contributed by atoms with Crippen molar-refractivity contribution in [3.05, 3.63) is 52.4 Å². The largest absolute Gasteiger partial charge is 0.378 e. The molecule has 0 atom stereocenters. The average molecular weight is 406 g/mol. The molecule has 7 heteroatoms. The summed E-state index contributed by atoms with van der Waals surface area (Å²) in [6.45, 7) is 2.98. The summed E-state index contributed by atoms with van der Waals surface area (Å²) >= 11 is 0. The first-order valence-electron chi connectivity index (χ1n) is 10.8. The maximum Gasteiger partial charge on any atom is 0.265 e. The number of rotatable bonds is 3. The van der Waals surface area contributed by atoms with E-state index in [1.807, 2.05) is 18.2 Å². The van der Waals surface area contributed by atoms with Gasteiger partial charge in [0, 0.05) is 31.0 Å². The van der Waals surface area contributed by atoms with E-state index in [1.54, 1.807) is 18.3 Å². The Morgan fingerprint density at radius 1 is 1.10 bits per heavy atom. The maximum atomic E-state index is 13.2. The van der Waals surface area contributed by atoms with Crippen LogP contribution in [0, 0.1) is 0 Å². The molecule has 3 heterocycles. The summed E-state index contributed by atoms with van der Waals surface area (Å²) in [6.07, 6.45) is 7.23. The lowest BCUT2D eigenvalue weighted by atomic mass is 9.95. The van der Waals surface area contributed by atoms with Crippen LogP contribution >= 0.6 is 0 Å². The Labute approximate surface area is 174 Å². The van der Waals surface area contributed by atoms with Crippen molar-refractivity contribution in [2.45, 2.75) is 38.1 Å². The smallest absolute Gasteiger partial charge is 0.265 e. The number of hydrogen-bond donors (Lipinski definition) is 1. The SMILES string of the molecule is O=C(NC1CCCCC1)c1cccn2c(=O)c3cc(N4CCOCC4)ccc3nc12. The Morgan fingerprint density at radius 3 is 2.70 bits per heavy atom. The summed E-state index contributed by atoms with van der Waals surface area (Å²) in [4.78, 5) is 33.1. The van der Waals surface area contributed by atoms with E-state index in [0.29, 0.717) is 35.3 Å². The molecule has 0 unspecified atom stereocenters. The van der Waals surface area contributed by atoms with Crippen LogP contribution in [0.15, 0.2) is 41.3 Å². The fourth-order valence-electron chi connectivity index (χ4n) is 4.52. The minimum absolute atomic E-state index is 0.155. The van der Waals surface area contributed by atoms with E-state index in [1.165, 1.54) is 10.8 Å². The Balaban J connectivity index is 1.54. The highest BCUT2D eigenvalue weighted by molar-refractivity contribution is 6.00. The Bertz CT molecular complexity index is 1140. The average Bonchev–Trinajstić information content (AvgIpc) is 2.80. The summed E-state index contributed by atoms with van der Waals surface area (Å²) in [7, 11) is 0. The van der Waals surface area contributed by atoms with Crippen molar-refractivity contribution in [2.75, 3.05) is 31.2 Å². The number of hydrogen-bond acceptors (Lipinski definition) is 5. The molecule has 2 aliphatic rings. The van der Waals surface area contributed by atoms with E-state index in [2.05, 4.69) is 10.2 Å². The molecule has 156 valence electrons. The number of nitrogens with zero attached hydrogens (tertiary/aromatic N) is 3. The molecular weight excluding hydrogens is 380 g/mol. The molecule has 2 aromatic heterocycles. The van der Waals surface area contributed by atoms with Gasteiger partial charge in [0.05, 0.1) is 29.7 Å². The third-order valence-electron chi connectivity index (χ3n) is 6.18. The van der Waals surface area contributed by atoms with Gasteiger partial charge in [0.2, 0.25) is 0 Å². The van der Waals surface area contributed by atoms with Gasteiger partial charge in [0.25, 0.3) is 11.5 Å². The molecule has 1 amide bonds. The zero-order valence-corrected chi connectivity index (χ0v) is 17.0. The number of carbonyl (C=O) groups excluding carboxylic acids is 1. The van der Waals surface area contributed by atoms with Crippen molar-refractivity contribution >= 4 is 28.1 Å². The Morgan fingerprint density at radius 2 is 1.90 bits per heavy atom. The van der Waals surface area contributed by atoms with Crippen LogP contribution in [0.4, 0.5) is 5.69 Å². The van der Waals surface area contributed by atoms with Gasteiger partial charge in [0.15, 0.2) is 5.65 Å². The first-order valence-corrected chi connectivity index (χ1v) is 10.8. The number of amides is 1. The van der Waals surface area contributed by atoms with Crippen molar-refractivity contribution in [1.29, 1.82) is 0 Å². The second-order valence-corrected chi connectivity index (χ2v) is 8.14. The second kappa shape index (κ2) is 8.07. The van der Waals surface area contributed by atoms with Crippen LogP contribution in [0.2, 0.25) is 0 Å². The topological polar surface area (TPSA) is 75.9 Å². The maximum absolute atomic E-state index is 13.2. The summed E-state index contributed by atoms with van der Waals surface area (Å²) in [5, 5.41) is 3.69. The number of fused-ring (bicyclic) bond motifs is 2. The number of ether oxygens (including phenoxy) is 1. The third kappa shape index (κ3) is 3.54. The quantitative estimate of drug-likeness (QED) is 0.677. The predicted molar refractivity (Wildman–Crippen MR) is 116 cm³/mol. The van der Waals surface area contributed by atoms with Crippen LogP contribution in [0.25, 0.3) is 16.6 Å². The fourth-order valence-corrected chi connectivity index (χ4v) is 4.52. The van der Waals surface area contributed by atoms with E-state index in [4.69, 9.17) is 9.72 Å². The summed E-state index contributed by atoms with van der Waals surface area (Å²) in [5.41, 5.74) is 2.30. The highest BCUT2D eigenvalue weighted by Gasteiger charge is 2.20. The number of aromatic nitrogens is 2. The van der Waals surface area contributed by atoms with Crippen molar-refractivity contribution in [1.82, 2.24) is 14.7 Å². The van der Waals surface area contributed by atoms with Crippen LogP contribution in [-0.4, -0.2) is 47.6 Å². The molecule has 0 radical (unpaired) electrons. The zero-order valence-electron chi connectivity index (χ0n) is 17.0. The molecule has 2 fully saturated rings. The van der Waals surface area contributed by atoms with Gasteiger partial charge in [-0.2, -0.15) is 0 Å². The van der Waals surface area contributed by atoms with E-state index >= 15 is 0 Å². The number of anilines is 1. The monoisotopic (exact) mass is 406 g/mol. The molecule has 0 bridgehead atoms. The predicted octanol–water partition coefficient (Wildman–Crippen LogP) is 2.75. The van der Waals surface area contributed by atoms with Crippen molar-refractivity contribution < 1.29 is 9.53 Å². The molecule has 5 rings (SSSR count). The standard InChI is InChI=1S/C23H26N4O3/c28-22(24-16-5-2-1-3-6-16)18-7-4-10-27-21(18)25-20-9-8-17(15-19(20)23(27)29)26-11-13-30-14-12-26/h4,7-10,15-16H,1-3,5-6,11-14H2,(H,24,28). The molecule has 1 saturated carbocycles. The number of morpholine rings is 1. The van der Waals surface area contributed by atoms with Crippen LogP contribution < -0.4 is 15.8 Å². The number of pyridine rings is 1. The molecular formula is C23H26N4O3. The molecule has 30 heavy (non-hydrogen) atoms. The van der Waals surface area contributed by atoms with E-state index in [-0.39, 0.29) is 17.5 Å². The van der Waals surface area contributed by atoms with Gasteiger partial charge < -0.3 is 15.0 Å². The van der Waals surface area contributed by atoms with Crippen LogP contribution in [0.1, 0.15) is 42.5 Å². The minimum Gasteiger partial charge on any atom is -0.378 e. The molecule has 1 aromatic carbocycles. The summed E-state index contributed by atoms with van der Waals surface area (Å²) in [5.74, 6) is -0.156.